The third-order valence-electron chi connectivity index (χ3n) is 2.05. The van der Waals surface area contributed by atoms with Crippen molar-refractivity contribution < 1.29 is 36.1 Å². The van der Waals surface area contributed by atoms with Gasteiger partial charge in [0.15, 0.2) is 0 Å². The van der Waals surface area contributed by atoms with Crippen LogP contribution in [0.15, 0.2) is 30.3 Å². The summed E-state index contributed by atoms with van der Waals surface area (Å²) in [5, 5.41) is 10.5. The van der Waals surface area contributed by atoms with Crippen molar-refractivity contribution in [1.29, 1.82) is 0 Å². The van der Waals surface area contributed by atoms with Gasteiger partial charge in [-0.3, -0.25) is 0 Å². The van der Waals surface area contributed by atoms with E-state index >= 15 is 0 Å². The summed E-state index contributed by atoms with van der Waals surface area (Å²) >= 11 is 17.6. The summed E-state index contributed by atoms with van der Waals surface area (Å²) in [6.45, 7) is 0. The summed E-state index contributed by atoms with van der Waals surface area (Å²) in [5.74, 6) is 0.0929. The Hall–Kier alpha value is 0.0400. The van der Waals surface area contributed by atoms with Gasteiger partial charge >= 0.3 is 29.6 Å². The van der Waals surface area contributed by atoms with Gasteiger partial charge in [0.25, 0.3) is 0 Å². The maximum Gasteiger partial charge on any atom is 1.00 e. The van der Waals surface area contributed by atoms with Gasteiger partial charge in [-0.2, -0.15) is 0 Å². The predicted molar refractivity (Wildman–Crippen MR) is 67.5 cm³/mol. The quantitative estimate of drug-likeness (QED) is 0.640. The van der Waals surface area contributed by atoms with Gasteiger partial charge in [-0.25, -0.2) is 4.98 Å². The van der Waals surface area contributed by atoms with E-state index in [0.29, 0.717) is 16.3 Å². The molecule has 2 nitrogen and oxygen atoms in total. The number of hydrogen-bond acceptors (Lipinski definition) is 2. The zero-order chi connectivity index (χ0) is 11.7. The van der Waals surface area contributed by atoms with Gasteiger partial charge in [0.2, 0.25) is 0 Å². The number of phenolic OH excluding ortho intramolecular Hbond substituents is 1. The first-order valence-electron chi connectivity index (χ1n) is 4.39. The molecule has 2 rings (SSSR count). The monoisotopic (exact) mass is 297 g/mol. The van der Waals surface area contributed by atoms with E-state index in [2.05, 4.69) is 4.98 Å². The molecule has 1 heterocycles. The molecule has 1 aromatic heterocycles. The molecule has 0 radical (unpaired) electrons. The number of para-hydroxylation sites is 1. The molecule has 0 unspecified atom stereocenters. The maximum absolute atomic E-state index is 9.67. The number of rotatable bonds is 1. The topological polar surface area (TPSA) is 33.1 Å². The Labute approximate surface area is 137 Å². The molecule has 0 aliphatic heterocycles. The number of pyridine rings is 1. The number of nitrogens with zero attached hydrogens (tertiary/aromatic N) is 1. The second kappa shape index (κ2) is 6.28. The molecule has 0 amide bonds. The van der Waals surface area contributed by atoms with Crippen molar-refractivity contribution >= 4 is 34.8 Å². The number of hydrogen-bond donors (Lipinski definition) is 1. The van der Waals surface area contributed by atoms with E-state index in [9.17, 15) is 5.11 Å². The summed E-state index contributed by atoms with van der Waals surface area (Å²) in [5.41, 5.74) is 0.931. The van der Waals surface area contributed by atoms with E-state index in [1.807, 2.05) is 0 Å². The first-order valence-corrected chi connectivity index (χ1v) is 5.53. The summed E-state index contributed by atoms with van der Waals surface area (Å²) in [4.78, 5) is 4.04. The Morgan fingerprint density at radius 2 is 1.71 bits per heavy atom. The van der Waals surface area contributed by atoms with E-state index in [1.54, 1.807) is 24.3 Å². The van der Waals surface area contributed by atoms with Crippen LogP contribution in [0.3, 0.4) is 0 Å². The van der Waals surface area contributed by atoms with Crippen LogP contribution in [0.4, 0.5) is 0 Å². The molecule has 0 aliphatic rings. The van der Waals surface area contributed by atoms with E-state index in [-0.39, 0.29) is 46.9 Å². The van der Waals surface area contributed by atoms with Gasteiger partial charge in [-0.15, -0.1) is 0 Å². The zero-order valence-electron chi connectivity index (χ0n) is 9.92. The van der Waals surface area contributed by atoms with Gasteiger partial charge in [0, 0.05) is 5.56 Å². The molecule has 0 fully saturated rings. The molecule has 0 saturated carbocycles. The number of benzene rings is 1. The van der Waals surface area contributed by atoms with Gasteiger partial charge < -0.3 is 6.53 Å². The first kappa shape index (κ1) is 15.1. The number of aromatic nitrogens is 1. The Bertz CT molecular complexity index is 554. The van der Waals surface area contributed by atoms with E-state index in [4.69, 9.17) is 34.8 Å². The predicted octanol–water partition coefficient (Wildman–Crippen LogP) is 1.53. The van der Waals surface area contributed by atoms with Crippen molar-refractivity contribution in [3.05, 3.63) is 45.5 Å². The van der Waals surface area contributed by atoms with Crippen molar-refractivity contribution in [2.24, 2.45) is 0 Å². The normalized spacial score (nSPS) is 9.82. The summed E-state index contributed by atoms with van der Waals surface area (Å²) < 4.78 is 0. The van der Waals surface area contributed by atoms with E-state index in [1.165, 1.54) is 6.07 Å². The second-order valence-electron chi connectivity index (χ2n) is 3.11. The fourth-order valence-corrected chi connectivity index (χ4v) is 1.91. The largest absolute Gasteiger partial charge is 1.00 e. The van der Waals surface area contributed by atoms with Crippen LogP contribution < -0.4 is 29.6 Å². The molecule has 1 aromatic carbocycles. The molecule has 17 heavy (non-hydrogen) atoms. The Morgan fingerprint density at radius 3 is 2.35 bits per heavy atom. The molecule has 0 spiro atoms. The molecule has 0 bridgehead atoms. The third kappa shape index (κ3) is 3.28. The first-order chi connectivity index (χ1) is 7.59. The molecular formula is C11H7Cl3NNaO. The van der Waals surface area contributed by atoms with Crippen molar-refractivity contribution in [1.82, 2.24) is 4.98 Å². The van der Waals surface area contributed by atoms with E-state index < -0.39 is 0 Å². The van der Waals surface area contributed by atoms with Gasteiger partial charge in [-0.05, 0) is 18.2 Å². The van der Waals surface area contributed by atoms with Crippen LogP contribution in [-0.2, 0) is 0 Å². The molecule has 84 valence electrons. The molecule has 2 aromatic rings. The van der Waals surface area contributed by atoms with E-state index in [0.717, 1.165) is 0 Å². The van der Waals surface area contributed by atoms with Crippen molar-refractivity contribution in [3.8, 4) is 17.0 Å². The fourth-order valence-electron chi connectivity index (χ4n) is 1.31. The van der Waals surface area contributed by atoms with Gasteiger partial charge in [0.1, 0.15) is 10.9 Å². The van der Waals surface area contributed by atoms with Gasteiger partial charge in [-0.1, -0.05) is 46.9 Å². The minimum Gasteiger partial charge on any atom is -1.00 e. The minimum absolute atomic E-state index is 0. The smallest absolute Gasteiger partial charge is 1.00 e. The summed E-state index contributed by atoms with van der Waals surface area (Å²) in [7, 11) is 0. The van der Waals surface area contributed by atoms with Gasteiger partial charge in [0.05, 0.1) is 15.7 Å². The molecule has 0 saturated heterocycles. The molecular weight excluding hydrogens is 291 g/mol. The Morgan fingerprint density at radius 1 is 1.06 bits per heavy atom. The van der Waals surface area contributed by atoms with Crippen LogP contribution >= 0.6 is 34.8 Å². The standard InChI is InChI=1S/C11H6Cl3NO.Na.H/c12-7-5-8(13)11(14)15-10(7)6-3-1-2-4-9(6)16;;/h1-5,16H;;/q;+1;-1. The molecule has 6 heteroatoms. The zero-order valence-corrected chi connectivity index (χ0v) is 13.2. The Kier molecular flexibility index (Phi) is 5.58. The second-order valence-corrected chi connectivity index (χ2v) is 4.28. The van der Waals surface area contributed by atoms with Crippen LogP contribution in [0.25, 0.3) is 11.3 Å². The van der Waals surface area contributed by atoms with Crippen LogP contribution in [0.5, 0.6) is 5.75 Å². The molecule has 0 aliphatic carbocycles. The molecule has 1 N–H and O–H groups in total. The average Bonchev–Trinajstić information content (AvgIpc) is 2.25. The van der Waals surface area contributed by atoms with Crippen molar-refractivity contribution in [2.75, 3.05) is 0 Å². The van der Waals surface area contributed by atoms with Crippen LogP contribution in [-0.4, -0.2) is 10.1 Å². The fraction of sp³-hybridized carbons (Fsp3) is 0. The SMILES string of the molecule is Oc1ccccc1-c1nc(Cl)c(Cl)cc1Cl.[H-].[Na+]. The number of phenols is 1. The van der Waals surface area contributed by atoms with Crippen molar-refractivity contribution in [3.63, 3.8) is 0 Å². The summed E-state index contributed by atoms with van der Waals surface area (Å²) in [6.07, 6.45) is 0. The Balaban J connectivity index is 0.00000144. The minimum atomic E-state index is 0. The maximum atomic E-state index is 9.67. The van der Waals surface area contributed by atoms with Crippen LogP contribution in [0, 0.1) is 0 Å². The van der Waals surface area contributed by atoms with Crippen LogP contribution in [0.2, 0.25) is 15.2 Å². The average molecular weight is 299 g/mol. The number of halogens is 3. The summed E-state index contributed by atoms with van der Waals surface area (Å²) in [6, 6.07) is 8.24. The van der Waals surface area contributed by atoms with Crippen molar-refractivity contribution in [2.45, 2.75) is 0 Å². The number of aromatic hydroxyl groups is 1. The molecule has 0 atom stereocenters. The third-order valence-corrected chi connectivity index (χ3v) is 3.01. The van der Waals surface area contributed by atoms with Crippen LogP contribution in [0.1, 0.15) is 1.43 Å².